The van der Waals surface area contributed by atoms with Crippen LogP contribution in [0.4, 0.5) is 0 Å². The van der Waals surface area contributed by atoms with E-state index in [0.29, 0.717) is 0 Å². The Bertz CT molecular complexity index is 699. The Hall–Kier alpha value is -2.61. The van der Waals surface area contributed by atoms with Gasteiger partial charge in [-0.25, -0.2) is 0 Å². The van der Waals surface area contributed by atoms with E-state index < -0.39 is 0 Å². The third-order valence-electron chi connectivity index (χ3n) is 2.91. The van der Waals surface area contributed by atoms with Gasteiger partial charge in [0.1, 0.15) is 5.75 Å². The van der Waals surface area contributed by atoms with Gasteiger partial charge >= 0.3 is 0 Å². The monoisotopic (exact) mass is 247 g/mol. The fourth-order valence-electron chi connectivity index (χ4n) is 2.00. The molecule has 0 saturated carbocycles. The maximum atomic E-state index is 5.52. The first-order valence-electron chi connectivity index (χ1n) is 6.14. The first kappa shape index (κ1) is 11.5. The van der Waals surface area contributed by atoms with Crippen molar-refractivity contribution in [3.8, 4) is 5.75 Å². The summed E-state index contributed by atoms with van der Waals surface area (Å²) in [4.78, 5) is 4.00. The molecule has 0 unspecified atom stereocenters. The molecule has 3 rings (SSSR count). The molecule has 0 bridgehead atoms. The van der Waals surface area contributed by atoms with E-state index in [-0.39, 0.29) is 0 Å². The van der Waals surface area contributed by atoms with Crippen LogP contribution in [0.1, 0.15) is 5.56 Å². The number of aromatic nitrogens is 1. The average molecular weight is 247 g/mol. The molecule has 2 heteroatoms. The van der Waals surface area contributed by atoms with E-state index in [0.717, 1.165) is 11.3 Å². The van der Waals surface area contributed by atoms with Crippen molar-refractivity contribution in [2.75, 3.05) is 0 Å². The molecule has 92 valence electrons. The van der Waals surface area contributed by atoms with Gasteiger partial charge in [-0.2, -0.15) is 0 Å². The maximum absolute atomic E-state index is 5.52. The number of hydrogen-bond acceptors (Lipinski definition) is 2. The predicted octanol–water partition coefficient (Wildman–Crippen LogP) is 4.28. The van der Waals surface area contributed by atoms with Gasteiger partial charge in [0.05, 0.1) is 12.5 Å². The van der Waals surface area contributed by atoms with Gasteiger partial charge in [-0.05, 0) is 34.5 Å². The molecule has 0 aliphatic carbocycles. The number of nitrogens with zero attached hydrogens (tertiary/aromatic N) is 1. The van der Waals surface area contributed by atoms with Crippen LogP contribution in [0.15, 0.2) is 73.3 Å². The molecule has 0 radical (unpaired) electrons. The lowest BCUT2D eigenvalue weighted by Crippen LogP contribution is -1.83. The summed E-state index contributed by atoms with van der Waals surface area (Å²) < 4.78 is 5.52. The Labute approximate surface area is 112 Å². The van der Waals surface area contributed by atoms with E-state index in [1.807, 2.05) is 36.4 Å². The summed E-state index contributed by atoms with van der Waals surface area (Å²) in [5, 5.41) is 2.45. The minimum absolute atomic E-state index is 0.735. The largest absolute Gasteiger partial charge is 0.463 e. The third-order valence-corrected chi connectivity index (χ3v) is 2.91. The summed E-state index contributed by atoms with van der Waals surface area (Å²) in [6.45, 7) is 0. The standard InChI is InChI=1S/C17H13NO/c1-2-9-17-14(5-1)6-3-7-15(17)10-12-19-16-8-4-11-18-13-16/h1-13H/b12-10+. The summed E-state index contributed by atoms with van der Waals surface area (Å²) in [5.41, 5.74) is 1.14. The summed E-state index contributed by atoms with van der Waals surface area (Å²) in [6.07, 6.45) is 7.07. The van der Waals surface area contributed by atoms with Crippen LogP contribution >= 0.6 is 0 Å². The number of benzene rings is 2. The molecule has 0 aliphatic rings. The zero-order valence-electron chi connectivity index (χ0n) is 10.4. The van der Waals surface area contributed by atoms with Crippen LogP contribution in [0.25, 0.3) is 16.8 Å². The molecule has 0 amide bonds. The Morgan fingerprint density at radius 1 is 0.895 bits per heavy atom. The lowest BCUT2D eigenvalue weighted by molar-refractivity contribution is 0.483. The van der Waals surface area contributed by atoms with Gasteiger partial charge < -0.3 is 4.74 Å². The van der Waals surface area contributed by atoms with E-state index >= 15 is 0 Å². The molecule has 1 aromatic heterocycles. The predicted molar refractivity (Wildman–Crippen MR) is 77.8 cm³/mol. The van der Waals surface area contributed by atoms with Crippen molar-refractivity contribution in [2.45, 2.75) is 0 Å². The molecule has 2 nitrogen and oxygen atoms in total. The van der Waals surface area contributed by atoms with Crippen LogP contribution < -0.4 is 4.74 Å². The van der Waals surface area contributed by atoms with Crippen LogP contribution in [0.2, 0.25) is 0 Å². The van der Waals surface area contributed by atoms with Crippen molar-refractivity contribution < 1.29 is 4.74 Å². The highest BCUT2D eigenvalue weighted by Crippen LogP contribution is 2.19. The fraction of sp³-hybridized carbons (Fsp3) is 0. The molecule has 0 N–H and O–H groups in total. The topological polar surface area (TPSA) is 22.1 Å². The van der Waals surface area contributed by atoms with Gasteiger partial charge in [0.25, 0.3) is 0 Å². The van der Waals surface area contributed by atoms with E-state index in [4.69, 9.17) is 4.74 Å². The Morgan fingerprint density at radius 3 is 2.68 bits per heavy atom. The van der Waals surface area contributed by atoms with Crippen molar-refractivity contribution in [3.63, 3.8) is 0 Å². The third kappa shape index (κ3) is 2.63. The molecule has 3 aromatic rings. The van der Waals surface area contributed by atoms with Gasteiger partial charge in [-0.15, -0.1) is 0 Å². The fourth-order valence-corrected chi connectivity index (χ4v) is 2.00. The molecule has 0 saturated heterocycles. The normalized spacial score (nSPS) is 10.9. The first-order chi connectivity index (χ1) is 9.43. The van der Waals surface area contributed by atoms with Crippen molar-refractivity contribution in [3.05, 3.63) is 78.8 Å². The highest BCUT2D eigenvalue weighted by molar-refractivity contribution is 5.90. The summed E-state index contributed by atoms with van der Waals surface area (Å²) in [5.74, 6) is 0.735. The van der Waals surface area contributed by atoms with Crippen LogP contribution in [0, 0.1) is 0 Å². The molecule has 0 aliphatic heterocycles. The second kappa shape index (κ2) is 5.36. The Kier molecular flexibility index (Phi) is 3.24. The van der Waals surface area contributed by atoms with Gasteiger partial charge in [-0.3, -0.25) is 4.98 Å². The molecule has 19 heavy (non-hydrogen) atoms. The van der Waals surface area contributed by atoms with Crippen LogP contribution in [0.5, 0.6) is 5.75 Å². The van der Waals surface area contributed by atoms with E-state index in [2.05, 4.69) is 29.2 Å². The van der Waals surface area contributed by atoms with Crippen molar-refractivity contribution >= 4 is 16.8 Å². The van der Waals surface area contributed by atoms with Crippen molar-refractivity contribution in [2.24, 2.45) is 0 Å². The lowest BCUT2D eigenvalue weighted by Gasteiger charge is -2.02. The lowest BCUT2D eigenvalue weighted by atomic mass is 10.0. The van der Waals surface area contributed by atoms with E-state index in [1.54, 1.807) is 18.7 Å². The van der Waals surface area contributed by atoms with Gasteiger partial charge in [-0.1, -0.05) is 42.5 Å². The van der Waals surface area contributed by atoms with E-state index in [1.165, 1.54) is 10.8 Å². The quantitative estimate of drug-likeness (QED) is 0.644. The number of hydrogen-bond donors (Lipinski definition) is 0. The maximum Gasteiger partial charge on any atom is 0.144 e. The number of fused-ring (bicyclic) bond motifs is 1. The van der Waals surface area contributed by atoms with Crippen LogP contribution in [-0.2, 0) is 0 Å². The highest BCUT2D eigenvalue weighted by atomic mass is 16.5. The molecular weight excluding hydrogens is 234 g/mol. The van der Waals surface area contributed by atoms with Gasteiger partial charge in [0.2, 0.25) is 0 Å². The van der Waals surface area contributed by atoms with Crippen LogP contribution in [0.3, 0.4) is 0 Å². The SMILES string of the molecule is C(=C\c1cccc2ccccc12)/Oc1cccnc1. The molecule has 1 heterocycles. The summed E-state index contributed by atoms with van der Waals surface area (Å²) in [7, 11) is 0. The number of pyridine rings is 1. The molecule has 0 spiro atoms. The van der Waals surface area contributed by atoms with Crippen molar-refractivity contribution in [1.29, 1.82) is 0 Å². The second-order valence-corrected chi connectivity index (χ2v) is 4.18. The zero-order valence-corrected chi connectivity index (χ0v) is 10.4. The number of ether oxygens (including phenoxy) is 1. The average Bonchev–Trinajstić information content (AvgIpc) is 2.49. The van der Waals surface area contributed by atoms with Gasteiger partial charge in [0, 0.05) is 6.20 Å². The second-order valence-electron chi connectivity index (χ2n) is 4.18. The van der Waals surface area contributed by atoms with Crippen molar-refractivity contribution in [1.82, 2.24) is 4.98 Å². The molecule has 2 aromatic carbocycles. The summed E-state index contributed by atoms with van der Waals surface area (Å²) in [6, 6.07) is 18.3. The minimum Gasteiger partial charge on any atom is -0.463 e. The molecule has 0 atom stereocenters. The Balaban J connectivity index is 1.85. The first-order valence-corrected chi connectivity index (χ1v) is 6.14. The molecular formula is C17H13NO. The Morgan fingerprint density at radius 2 is 1.79 bits per heavy atom. The highest BCUT2D eigenvalue weighted by Gasteiger charge is 1.96. The zero-order chi connectivity index (χ0) is 12.9. The smallest absolute Gasteiger partial charge is 0.144 e. The summed E-state index contributed by atoms with van der Waals surface area (Å²) >= 11 is 0. The minimum atomic E-state index is 0.735. The van der Waals surface area contributed by atoms with Gasteiger partial charge in [0.15, 0.2) is 0 Å². The molecule has 0 fully saturated rings. The number of rotatable bonds is 3. The van der Waals surface area contributed by atoms with Crippen LogP contribution in [-0.4, -0.2) is 4.98 Å². The van der Waals surface area contributed by atoms with E-state index in [9.17, 15) is 0 Å².